The third-order valence-corrected chi connectivity index (χ3v) is 5.30. The van der Waals surface area contributed by atoms with Crippen molar-refractivity contribution in [2.75, 3.05) is 18.9 Å². The van der Waals surface area contributed by atoms with Crippen molar-refractivity contribution in [1.82, 2.24) is 4.31 Å². The van der Waals surface area contributed by atoms with E-state index < -0.39 is 10.0 Å². The first kappa shape index (κ1) is 16.2. The predicted octanol–water partition coefficient (Wildman–Crippen LogP) is 1.70. The zero-order valence-corrected chi connectivity index (χ0v) is 12.6. The summed E-state index contributed by atoms with van der Waals surface area (Å²) in [5.74, 6) is 0. The van der Waals surface area contributed by atoms with E-state index >= 15 is 0 Å². The van der Waals surface area contributed by atoms with Crippen molar-refractivity contribution in [3.63, 3.8) is 0 Å². The van der Waals surface area contributed by atoms with E-state index in [-0.39, 0.29) is 34.8 Å². The maximum atomic E-state index is 12.6. The molecule has 0 fully saturated rings. The van der Waals surface area contributed by atoms with E-state index in [1.54, 1.807) is 19.9 Å². The number of rotatable bonds is 6. The van der Waals surface area contributed by atoms with Crippen LogP contribution in [-0.2, 0) is 10.0 Å². The van der Waals surface area contributed by atoms with Crippen LogP contribution < -0.4 is 5.73 Å². The number of hydrogen-bond acceptors (Lipinski definition) is 4. The van der Waals surface area contributed by atoms with Crippen molar-refractivity contribution in [3.05, 3.63) is 23.2 Å². The second-order valence-corrected chi connectivity index (χ2v) is 6.68. The van der Waals surface area contributed by atoms with Crippen LogP contribution in [-0.4, -0.2) is 37.0 Å². The lowest BCUT2D eigenvalue weighted by atomic mass is 10.3. The van der Waals surface area contributed by atoms with E-state index in [0.29, 0.717) is 6.42 Å². The molecular weight excluding hydrogens is 288 g/mol. The molecule has 3 N–H and O–H groups in total. The van der Waals surface area contributed by atoms with Gasteiger partial charge < -0.3 is 10.8 Å². The van der Waals surface area contributed by atoms with Gasteiger partial charge in [0.15, 0.2) is 0 Å². The first-order chi connectivity index (χ1) is 8.82. The van der Waals surface area contributed by atoms with Crippen LogP contribution in [0.2, 0.25) is 5.02 Å². The van der Waals surface area contributed by atoms with Gasteiger partial charge in [0.05, 0.1) is 10.7 Å². The maximum absolute atomic E-state index is 12.6. The highest BCUT2D eigenvalue weighted by atomic mass is 35.5. The molecule has 0 aromatic heterocycles. The van der Waals surface area contributed by atoms with Gasteiger partial charge >= 0.3 is 0 Å². The molecule has 0 radical (unpaired) electrons. The summed E-state index contributed by atoms with van der Waals surface area (Å²) < 4.78 is 26.5. The zero-order chi connectivity index (χ0) is 14.6. The fraction of sp³-hybridized carbons (Fsp3) is 0.500. The van der Waals surface area contributed by atoms with Crippen LogP contribution in [0.3, 0.4) is 0 Å². The van der Waals surface area contributed by atoms with Crippen LogP contribution in [0.5, 0.6) is 0 Å². The van der Waals surface area contributed by atoms with Gasteiger partial charge in [-0.15, -0.1) is 0 Å². The summed E-state index contributed by atoms with van der Waals surface area (Å²) in [5.41, 5.74) is 5.86. The van der Waals surface area contributed by atoms with Crippen molar-refractivity contribution in [2.45, 2.75) is 31.2 Å². The number of nitrogen functional groups attached to an aromatic ring is 1. The lowest BCUT2D eigenvalue weighted by molar-refractivity contribution is 0.258. The molecule has 0 heterocycles. The molecule has 108 valence electrons. The largest absolute Gasteiger partial charge is 0.398 e. The molecular formula is C12H19ClN2O3S. The fourth-order valence-electron chi connectivity index (χ4n) is 1.80. The Morgan fingerprint density at radius 2 is 2.05 bits per heavy atom. The zero-order valence-electron chi connectivity index (χ0n) is 11.0. The molecule has 7 heteroatoms. The molecule has 0 spiro atoms. The molecule has 0 unspecified atom stereocenters. The number of nitrogens with two attached hydrogens (primary N) is 1. The van der Waals surface area contributed by atoms with Crippen LogP contribution in [0.4, 0.5) is 5.69 Å². The molecule has 0 aliphatic carbocycles. The Hall–Kier alpha value is -0.820. The number of anilines is 1. The first-order valence-electron chi connectivity index (χ1n) is 5.99. The summed E-state index contributed by atoms with van der Waals surface area (Å²) in [6, 6.07) is 4.36. The highest BCUT2D eigenvalue weighted by Crippen LogP contribution is 2.30. The Balaban J connectivity index is 3.27. The second kappa shape index (κ2) is 6.56. The number of halogens is 1. The lowest BCUT2D eigenvalue weighted by Gasteiger charge is -2.26. The van der Waals surface area contributed by atoms with Crippen LogP contribution in [0.15, 0.2) is 23.1 Å². The Morgan fingerprint density at radius 1 is 1.42 bits per heavy atom. The van der Waals surface area contributed by atoms with Crippen molar-refractivity contribution in [3.8, 4) is 0 Å². The van der Waals surface area contributed by atoms with E-state index in [0.717, 1.165) is 0 Å². The van der Waals surface area contributed by atoms with E-state index in [1.807, 2.05) is 0 Å². The van der Waals surface area contributed by atoms with Gasteiger partial charge in [-0.1, -0.05) is 17.7 Å². The van der Waals surface area contributed by atoms with Gasteiger partial charge in [0.1, 0.15) is 4.90 Å². The Morgan fingerprint density at radius 3 is 2.53 bits per heavy atom. The Bertz CT molecular complexity index is 512. The summed E-state index contributed by atoms with van der Waals surface area (Å²) in [6.45, 7) is 3.68. The standard InChI is InChI=1S/C12H19ClN2O3S/c1-9(2)15(7-4-8-16)19(17,18)12-10(13)5-3-6-11(12)14/h3,5-6,9,16H,4,7-8,14H2,1-2H3. The van der Waals surface area contributed by atoms with Crippen LogP contribution in [0.1, 0.15) is 20.3 Å². The van der Waals surface area contributed by atoms with Gasteiger partial charge in [-0.3, -0.25) is 0 Å². The summed E-state index contributed by atoms with van der Waals surface area (Å²) in [4.78, 5) is -0.0664. The van der Waals surface area contributed by atoms with Gasteiger partial charge in [0.25, 0.3) is 0 Å². The number of aliphatic hydroxyl groups is 1. The first-order valence-corrected chi connectivity index (χ1v) is 7.81. The number of hydrogen-bond donors (Lipinski definition) is 2. The SMILES string of the molecule is CC(C)N(CCCO)S(=O)(=O)c1c(N)cccc1Cl. The fourth-order valence-corrected chi connectivity index (χ4v) is 4.11. The minimum atomic E-state index is -3.77. The molecule has 5 nitrogen and oxygen atoms in total. The predicted molar refractivity (Wildman–Crippen MR) is 76.6 cm³/mol. The van der Waals surface area contributed by atoms with Gasteiger partial charge in [0, 0.05) is 19.2 Å². The van der Waals surface area contributed by atoms with Gasteiger partial charge in [0.2, 0.25) is 10.0 Å². The highest BCUT2D eigenvalue weighted by molar-refractivity contribution is 7.89. The van der Waals surface area contributed by atoms with Crippen LogP contribution in [0.25, 0.3) is 0 Å². The van der Waals surface area contributed by atoms with Crippen molar-refractivity contribution < 1.29 is 13.5 Å². The normalized spacial score (nSPS) is 12.3. The molecule has 1 aromatic carbocycles. The number of nitrogens with zero attached hydrogens (tertiary/aromatic N) is 1. The molecule has 1 aromatic rings. The van der Waals surface area contributed by atoms with Crippen molar-refractivity contribution in [1.29, 1.82) is 0 Å². The third-order valence-electron chi connectivity index (χ3n) is 2.68. The summed E-state index contributed by atoms with van der Waals surface area (Å²) in [6.07, 6.45) is 0.363. The number of aliphatic hydroxyl groups excluding tert-OH is 1. The van der Waals surface area contributed by atoms with Crippen molar-refractivity contribution >= 4 is 27.3 Å². The average Bonchev–Trinajstić information content (AvgIpc) is 2.27. The summed E-state index contributed by atoms with van der Waals surface area (Å²) >= 11 is 5.96. The van der Waals surface area contributed by atoms with Crippen LogP contribution in [0, 0.1) is 0 Å². The molecule has 0 amide bonds. The van der Waals surface area contributed by atoms with Crippen molar-refractivity contribution in [2.24, 2.45) is 0 Å². The molecule has 0 saturated carbocycles. The molecule has 0 aliphatic heterocycles. The maximum Gasteiger partial charge on any atom is 0.246 e. The Labute approximate surface area is 119 Å². The molecule has 0 bridgehead atoms. The lowest BCUT2D eigenvalue weighted by Crippen LogP contribution is -2.38. The molecule has 1 rings (SSSR count). The quantitative estimate of drug-likeness (QED) is 0.784. The summed E-state index contributed by atoms with van der Waals surface area (Å²) in [5, 5.41) is 8.98. The molecule has 0 atom stereocenters. The van der Waals surface area contributed by atoms with Gasteiger partial charge in [-0.05, 0) is 32.4 Å². The van der Waals surface area contributed by atoms with Gasteiger partial charge in [-0.25, -0.2) is 8.42 Å². The van der Waals surface area contributed by atoms with E-state index in [9.17, 15) is 8.42 Å². The van der Waals surface area contributed by atoms with Gasteiger partial charge in [-0.2, -0.15) is 4.31 Å². The molecule has 0 saturated heterocycles. The van der Waals surface area contributed by atoms with Crippen LogP contribution >= 0.6 is 11.6 Å². The minimum Gasteiger partial charge on any atom is -0.398 e. The third kappa shape index (κ3) is 3.60. The monoisotopic (exact) mass is 306 g/mol. The summed E-state index contributed by atoms with van der Waals surface area (Å²) in [7, 11) is -3.77. The minimum absolute atomic E-state index is 0.0664. The topological polar surface area (TPSA) is 83.6 Å². The van der Waals surface area contributed by atoms with E-state index in [4.69, 9.17) is 22.4 Å². The smallest absolute Gasteiger partial charge is 0.246 e. The molecule has 0 aliphatic rings. The van der Waals surface area contributed by atoms with E-state index in [1.165, 1.54) is 16.4 Å². The number of benzene rings is 1. The highest BCUT2D eigenvalue weighted by Gasteiger charge is 2.30. The average molecular weight is 307 g/mol. The molecule has 19 heavy (non-hydrogen) atoms. The number of sulfonamides is 1. The second-order valence-electron chi connectivity index (χ2n) is 4.44. The van der Waals surface area contributed by atoms with E-state index in [2.05, 4.69) is 0 Å². The Kier molecular flexibility index (Phi) is 5.61.